The number of carboxylic acids is 1. The first-order valence-electron chi connectivity index (χ1n) is 4.44. The third kappa shape index (κ3) is 1.76. The second-order valence-corrected chi connectivity index (χ2v) is 3.83. The van der Waals surface area contributed by atoms with Gasteiger partial charge in [-0.15, -0.1) is 0 Å². The molecule has 0 spiro atoms. The van der Waals surface area contributed by atoms with Gasteiger partial charge in [-0.25, -0.2) is 4.79 Å². The summed E-state index contributed by atoms with van der Waals surface area (Å²) in [5.41, 5.74) is 2.75. The zero-order chi connectivity index (χ0) is 10.8. The number of hydrogen-bond donors (Lipinski definition) is 1. The first-order valence-corrected chi connectivity index (χ1v) is 5.27. The minimum absolute atomic E-state index is 0.273. The molecule has 0 aliphatic heterocycles. The molecule has 0 atom stereocenters. The van der Waals surface area contributed by atoms with Gasteiger partial charge in [0.25, 0.3) is 0 Å². The van der Waals surface area contributed by atoms with E-state index in [1.807, 2.05) is 31.2 Å². The van der Waals surface area contributed by atoms with Crippen LogP contribution in [0.15, 0.2) is 29.6 Å². The van der Waals surface area contributed by atoms with E-state index in [0.717, 1.165) is 11.1 Å². The van der Waals surface area contributed by atoms with Crippen LogP contribution in [0.4, 0.5) is 0 Å². The van der Waals surface area contributed by atoms with Crippen LogP contribution >= 0.6 is 11.5 Å². The van der Waals surface area contributed by atoms with Gasteiger partial charge >= 0.3 is 5.97 Å². The highest BCUT2D eigenvalue weighted by Gasteiger charge is 2.15. The van der Waals surface area contributed by atoms with Crippen LogP contribution in [0.3, 0.4) is 0 Å². The van der Waals surface area contributed by atoms with Crippen LogP contribution in [-0.4, -0.2) is 15.4 Å². The zero-order valence-electron chi connectivity index (χ0n) is 8.10. The molecule has 0 saturated heterocycles. The van der Waals surface area contributed by atoms with E-state index in [1.54, 1.807) is 5.38 Å². The molecule has 0 radical (unpaired) electrons. The predicted octanol–water partition coefficient (Wildman–Crippen LogP) is 2.82. The number of hydrogen-bond acceptors (Lipinski definition) is 3. The van der Waals surface area contributed by atoms with E-state index in [0.29, 0.717) is 5.69 Å². The molecule has 2 rings (SSSR count). The summed E-state index contributed by atoms with van der Waals surface area (Å²) >= 11 is 1.17. The largest absolute Gasteiger partial charge is 0.478 e. The van der Waals surface area contributed by atoms with Gasteiger partial charge in [-0.3, -0.25) is 0 Å². The van der Waals surface area contributed by atoms with E-state index in [9.17, 15) is 4.79 Å². The maximum absolute atomic E-state index is 10.9. The van der Waals surface area contributed by atoms with Crippen molar-refractivity contribution < 1.29 is 9.90 Å². The molecule has 0 aliphatic carbocycles. The molecule has 4 heteroatoms. The number of aryl methyl sites for hydroxylation is 1. The average Bonchev–Trinajstić information content (AvgIpc) is 2.67. The third-order valence-electron chi connectivity index (χ3n) is 2.20. The first kappa shape index (κ1) is 9.86. The highest BCUT2D eigenvalue weighted by molar-refractivity contribution is 7.04. The molecular formula is C11H9NO2S. The molecule has 1 heterocycles. The smallest absolute Gasteiger partial charge is 0.338 e. The van der Waals surface area contributed by atoms with Crippen LogP contribution in [0, 0.1) is 6.92 Å². The van der Waals surface area contributed by atoms with Gasteiger partial charge in [0.05, 0.1) is 11.3 Å². The Morgan fingerprint density at radius 3 is 2.80 bits per heavy atom. The van der Waals surface area contributed by atoms with Gasteiger partial charge in [0, 0.05) is 10.9 Å². The Kier molecular flexibility index (Phi) is 2.51. The van der Waals surface area contributed by atoms with Crippen molar-refractivity contribution in [2.45, 2.75) is 6.92 Å². The summed E-state index contributed by atoms with van der Waals surface area (Å²) in [4.78, 5) is 10.9. The van der Waals surface area contributed by atoms with E-state index in [1.165, 1.54) is 11.5 Å². The zero-order valence-corrected chi connectivity index (χ0v) is 8.91. The normalized spacial score (nSPS) is 10.2. The Morgan fingerprint density at radius 1 is 1.40 bits per heavy atom. The third-order valence-corrected chi connectivity index (χ3v) is 2.83. The van der Waals surface area contributed by atoms with Crippen molar-refractivity contribution in [1.29, 1.82) is 0 Å². The van der Waals surface area contributed by atoms with E-state index >= 15 is 0 Å². The number of carbonyl (C=O) groups is 1. The summed E-state index contributed by atoms with van der Waals surface area (Å²) in [5.74, 6) is -0.929. The van der Waals surface area contributed by atoms with Crippen LogP contribution in [0.5, 0.6) is 0 Å². The van der Waals surface area contributed by atoms with E-state index in [2.05, 4.69) is 4.37 Å². The van der Waals surface area contributed by atoms with E-state index < -0.39 is 5.97 Å². The molecule has 0 saturated carbocycles. The number of rotatable bonds is 2. The van der Waals surface area contributed by atoms with Gasteiger partial charge in [-0.1, -0.05) is 24.3 Å². The van der Waals surface area contributed by atoms with Gasteiger partial charge < -0.3 is 5.11 Å². The quantitative estimate of drug-likeness (QED) is 0.844. The van der Waals surface area contributed by atoms with Crippen LogP contribution < -0.4 is 0 Å². The van der Waals surface area contributed by atoms with Crippen molar-refractivity contribution in [2.75, 3.05) is 0 Å². The maximum atomic E-state index is 10.9. The lowest BCUT2D eigenvalue weighted by Crippen LogP contribution is -1.97. The number of nitrogens with zero attached hydrogens (tertiary/aromatic N) is 1. The number of benzene rings is 1. The molecule has 0 fully saturated rings. The van der Waals surface area contributed by atoms with Crippen molar-refractivity contribution in [1.82, 2.24) is 4.37 Å². The average molecular weight is 219 g/mol. The fourth-order valence-corrected chi connectivity index (χ4v) is 2.09. The summed E-state index contributed by atoms with van der Waals surface area (Å²) in [6.45, 7) is 1.94. The fraction of sp³-hybridized carbons (Fsp3) is 0.0909. The maximum Gasteiger partial charge on any atom is 0.338 e. The Hall–Kier alpha value is -1.68. The van der Waals surface area contributed by atoms with Gasteiger partial charge in [0.2, 0.25) is 0 Å². The second kappa shape index (κ2) is 3.82. The van der Waals surface area contributed by atoms with Gasteiger partial charge in [0.15, 0.2) is 0 Å². The van der Waals surface area contributed by atoms with Crippen molar-refractivity contribution in [2.24, 2.45) is 0 Å². The molecule has 76 valence electrons. The summed E-state index contributed by atoms with van der Waals surface area (Å²) in [6, 6.07) is 7.64. The minimum Gasteiger partial charge on any atom is -0.478 e. The lowest BCUT2D eigenvalue weighted by atomic mass is 10.0. The summed E-state index contributed by atoms with van der Waals surface area (Å²) < 4.78 is 4.13. The summed E-state index contributed by atoms with van der Waals surface area (Å²) in [5, 5.41) is 10.5. The second-order valence-electron chi connectivity index (χ2n) is 3.20. The molecule has 0 unspecified atom stereocenters. The van der Waals surface area contributed by atoms with Crippen molar-refractivity contribution in [3.05, 3.63) is 40.8 Å². The Bertz CT molecular complexity index is 505. The standard InChI is InChI=1S/C11H9NO2S/c1-7-4-2-3-5-8(7)10-9(11(13)14)6-15-12-10/h2-6H,1H3,(H,13,14). The van der Waals surface area contributed by atoms with Crippen LogP contribution in [-0.2, 0) is 0 Å². The summed E-state index contributed by atoms with van der Waals surface area (Å²) in [6.07, 6.45) is 0. The molecule has 0 amide bonds. The number of carboxylic acid groups (broad SMARTS) is 1. The van der Waals surface area contributed by atoms with Crippen molar-refractivity contribution in [3.8, 4) is 11.3 Å². The van der Waals surface area contributed by atoms with Crippen molar-refractivity contribution >= 4 is 17.5 Å². The Labute approximate surface area is 91.2 Å². The van der Waals surface area contributed by atoms with E-state index in [4.69, 9.17) is 5.11 Å². The van der Waals surface area contributed by atoms with Gasteiger partial charge in [-0.05, 0) is 24.0 Å². The SMILES string of the molecule is Cc1ccccc1-c1nscc1C(=O)O. The lowest BCUT2D eigenvalue weighted by Gasteiger charge is -2.02. The molecular weight excluding hydrogens is 210 g/mol. The lowest BCUT2D eigenvalue weighted by molar-refractivity contribution is 0.0698. The number of aromatic nitrogens is 1. The topological polar surface area (TPSA) is 50.2 Å². The number of aromatic carboxylic acids is 1. The molecule has 0 bridgehead atoms. The fourth-order valence-electron chi connectivity index (χ4n) is 1.42. The highest BCUT2D eigenvalue weighted by atomic mass is 32.1. The molecule has 1 aromatic carbocycles. The van der Waals surface area contributed by atoms with Crippen LogP contribution in [0.1, 0.15) is 15.9 Å². The Morgan fingerprint density at radius 2 is 2.13 bits per heavy atom. The Balaban J connectivity index is 2.59. The van der Waals surface area contributed by atoms with E-state index in [-0.39, 0.29) is 5.56 Å². The molecule has 15 heavy (non-hydrogen) atoms. The predicted molar refractivity (Wildman–Crippen MR) is 59.2 cm³/mol. The van der Waals surface area contributed by atoms with Crippen LogP contribution in [0.25, 0.3) is 11.3 Å². The van der Waals surface area contributed by atoms with Crippen molar-refractivity contribution in [3.63, 3.8) is 0 Å². The summed E-state index contributed by atoms with van der Waals surface area (Å²) in [7, 11) is 0. The van der Waals surface area contributed by atoms with Gasteiger partial charge in [0.1, 0.15) is 0 Å². The molecule has 1 aromatic heterocycles. The molecule has 3 nitrogen and oxygen atoms in total. The molecule has 2 aromatic rings. The molecule has 1 N–H and O–H groups in total. The first-order chi connectivity index (χ1) is 7.20. The highest BCUT2D eigenvalue weighted by Crippen LogP contribution is 2.26. The van der Waals surface area contributed by atoms with Crippen LogP contribution in [0.2, 0.25) is 0 Å². The minimum atomic E-state index is -0.929. The van der Waals surface area contributed by atoms with Gasteiger partial charge in [-0.2, -0.15) is 4.37 Å². The molecule has 0 aliphatic rings. The monoisotopic (exact) mass is 219 g/mol.